The first-order valence-corrected chi connectivity index (χ1v) is 6.92. The van der Waals surface area contributed by atoms with E-state index in [1.807, 2.05) is 12.1 Å². The summed E-state index contributed by atoms with van der Waals surface area (Å²) in [6.07, 6.45) is 4.14. The zero-order valence-corrected chi connectivity index (χ0v) is 10.3. The van der Waals surface area contributed by atoms with Gasteiger partial charge in [0.25, 0.3) is 0 Å². The zero-order valence-electron chi connectivity index (χ0n) is 9.48. The van der Waals surface area contributed by atoms with Gasteiger partial charge in [0.1, 0.15) is 5.76 Å². The van der Waals surface area contributed by atoms with Gasteiger partial charge in [0, 0.05) is 30.8 Å². The van der Waals surface area contributed by atoms with Crippen molar-refractivity contribution in [3.8, 4) is 0 Å². The van der Waals surface area contributed by atoms with Crippen molar-refractivity contribution < 1.29 is 9.15 Å². The van der Waals surface area contributed by atoms with Gasteiger partial charge in [-0.05, 0) is 25.0 Å². The summed E-state index contributed by atoms with van der Waals surface area (Å²) in [7, 11) is 0. The lowest BCUT2D eigenvalue weighted by Gasteiger charge is -2.21. The minimum absolute atomic E-state index is 0.805. The maximum atomic E-state index is 5.33. The largest absolute Gasteiger partial charge is 0.468 e. The summed E-state index contributed by atoms with van der Waals surface area (Å²) in [6, 6.07) is 3.92. The number of rotatable bonds is 6. The third kappa shape index (κ3) is 4.20. The van der Waals surface area contributed by atoms with Crippen LogP contribution in [0.3, 0.4) is 0 Å². The van der Waals surface area contributed by atoms with E-state index in [0.29, 0.717) is 0 Å². The van der Waals surface area contributed by atoms with Crippen molar-refractivity contribution in [3.63, 3.8) is 0 Å². The lowest BCUT2D eigenvalue weighted by atomic mass is 10.2. The number of ether oxygens (including phenoxy) is 1. The van der Waals surface area contributed by atoms with Crippen LogP contribution >= 0.6 is 11.8 Å². The van der Waals surface area contributed by atoms with Gasteiger partial charge in [-0.1, -0.05) is 0 Å². The van der Waals surface area contributed by atoms with E-state index in [-0.39, 0.29) is 0 Å². The summed E-state index contributed by atoms with van der Waals surface area (Å²) in [5.74, 6) is 2.18. The molecule has 1 aliphatic rings. The molecule has 0 aromatic carbocycles. The molecule has 4 heteroatoms. The molecule has 1 aromatic rings. The normalized spacial score (nSPS) is 17.8. The highest BCUT2D eigenvalue weighted by molar-refractivity contribution is 7.99. The molecule has 16 heavy (non-hydrogen) atoms. The molecule has 1 aliphatic heterocycles. The van der Waals surface area contributed by atoms with Crippen LogP contribution in [0.4, 0.5) is 0 Å². The second-order valence-corrected chi connectivity index (χ2v) is 5.35. The highest BCUT2D eigenvalue weighted by Gasteiger charge is 2.13. The van der Waals surface area contributed by atoms with Crippen molar-refractivity contribution >= 4 is 11.8 Å². The first kappa shape index (κ1) is 12.0. The molecule has 1 N–H and O–H groups in total. The van der Waals surface area contributed by atoms with E-state index in [1.165, 1.54) is 18.6 Å². The molecule has 0 amide bonds. The molecule has 0 radical (unpaired) electrons. The summed E-state index contributed by atoms with van der Waals surface area (Å²) in [6.45, 7) is 3.76. The number of hydrogen-bond donors (Lipinski definition) is 1. The average Bonchev–Trinajstić information content (AvgIpc) is 2.83. The number of thioether (sulfide) groups is 1. The Balaban J connectivity index is 1.48. The van der Waals surface area contributed by atoms with E-state index in [1.54, 1.807) is 6.26 Å². The van der Waals surface area contributed by atoms with Crippen molar-refractivity contribution in [2.75, 3.05) is 25.5 Å². The van der Waals surface area contributed by atoms with Gasteiger partial charge in [-0.15, -0.1) is 0 Å². The van der Waals surface area contributed by atoms with Crippen LogP contribution in [0.25, 0.3) is 0 Å². The second-order valence-electron chi connectivity index (χ2n) is 3.94. The van der Waals surface area contributed by atoms with E-state index in [0.717, 1.165) is 37.3 Å². The second kappa shape index (κ2) is 6.99. The van der Waals surface area contributed by atoms with E-state index < -0.39 is 0 Å². The van der Waals surface area contributed by atoms with Crippen molar-refractivity contribution in [2.24, 2.45) is 0 Å². The van der Waals surface area contributed by atoms with Gasteiger partial charge < -0.3 is 14.5 Å². The Morgan fingerprint density at radius 3 is 3.00 bits per heavy atom. The maximum absolute atomic E-state index is 5.33. The Morgan fingerprint density at radius 1 is 1.38 bits per heavy atom. The van der Waals surface area contributed by atoms with Gasteiger partial charge in [-0.25, -0.2) is 0 Å². The third-order valence-corrected chi connectivity index (χ3v) is 4.06. The van der Waals surface area contributed by atoms with Gasteiger partial charge in [-0.3, -0.25) is 0 Å². The molecule has 0 spiro atoms. The standard InChI is InChI=1S/C12H19NO2S/c1-2-11(15-6-1)10-13-5-9-16-12-3-7-14-8-4-12/h1-2,6,12-13H,3-5,7-10H2. The summed E-state index contributed by atoms with van der Waals surface area (Å²) >= 11 is 2.06. The number of furan rings is 1. The van der Waals surface area contributed by atoms with Crippen molar-refractivity contribution in [1.82, 2.24) is 5.32 Å². The SMILES string of the molecule is c1coc(CNCCSC2CCOCC2)c1. The van der Waals surface area contributed by atoms with Crippen molar-refractivity contribution in [3.05, 3.63) is 24.2 Å². The number of nitrogens with one attached hydrogen (secondary N) is 1. The maximum Gasteiger partial charge on any atom is 0.117 e. The molecule has 2 rings (SSSR count). The van der Waals surface area contributed by atoms with Gasteiger partial charge >= 0.3 is 0 Å². The van der Waals surface area contributed by atoms with Gasteiger partial charge in [0.2, 0.25) is 0 Å². The van der Waals surface area contributed by atoms with Gasteiger partial charge in [0.15, 0.2) is 0 Å². The first-order chi connectivity index (χ1) is 7.95. The monoisotopic (exact) mass is 241 g/mol. The Bertz CT molecular complexity index is 271. The highest BCUT2D eigenvalue weighted by Crippen LogP contribution is 2.21. The van der Waals surface area contributed by atoms with E-state index >= 15 is 0 Å². The van der Waals surface area contributed by atoms with Crippen LogP contribution in [-0.4, -0.2) is 30.8 Å². The van der Waals surface area contributed by atoms with Crippen molar-refractivity contribution in [1.29, 1.82) is 0 Å². The predicted octanol–water partition coefficient (Wildman–Crippen LogP) is 2.28. The quantitative estimate of drug-likeness (QED) is 0.775. The molecule has 0 unspecified atom stereocenters. The fourth-order valence-electron chi connectivity index (χ4n) is 1.77. The minimum Gasteiger partial charge on any atom is -0.468 e. The van der Waals surface area contributed by atoms with Crippen LogP contribution in [0, 0.1) is 0 Å². The summed E-state index contributed by atoms with van der Waals surface area (Å²) in [5, 5.41) is 4.19. The Kier molecular flexibility index (Phi) is 5.25. The molecule has 1 saturated heterocycles. The van der Waals surface area contributed by atoms with Crippen LogP contribution < -0.4 is 5.32 Å². The average molecular weight is 241 g/mol. The Labute approximate surface area is 101 Å². The smallest absolute Gasteiger partial charge is 0.117 e. The van der Waals surface area contributed by atoms with Crippen LogP contribution in [0.2, 0.25) is 0 Å². The van der Waals surface area contributed by atoms with E-state index in [4.69, 9.17) is 9.15 Å². The molecule has 0 saturated carbocycles. The lowest BCUT2D eigenvalue weighted by Crippen LogP contribution is -2.21. The molecule has 1 fully saturated rings. The molecule has 0 aliphatic carbocycles. The fraction of sp³-hybridized carbons (Fsp3) is 0.667. The zero-order chi connectivity index (χ0) is 11.1. The molecule has 0 atom stereocenters. The molecule has 1 aromatic heterocycles. The summed E-state index contributed by atoms with van der Waals surface area (Å²) in [5.41, 5.74) is 0. The van der Waals surface area contributed by atoms with Crippen LogP contribution in [0.1, 0.15) is 18.6 Å². The summed E-state index contributed by atoms with van der Waals surface area (Å²) in [4.78, 5) is 0. The minimum atomic E-state index is 0.805. The molecular formula is C12H19NO2S. The third-order valence-electron chi connectivity index (χ3n) is 2.68. The highest BCUT2D eigenvalue weighted by atomic mass is 32.2. The topological polar surface area (TPSA) is 34.4 Å². The molecule has 0 bridgehead atoms. The van der Waals surface area contributed by atoms with Crippen LogP contribution in [0.5, 0.6) is 0 Å². The lowest BCUT2D eigenvalue weighted by molar-refractivity contribution is 0.100. The van der Waals surface area contributed by atoms with E-state index in [9.17, 15) is 0 Å². The molecule has 3 nitrogen and oxygen atoms in total. The molecule has 90 valence electrons. The Hall–Kier alpha value is -0.450. The fourth-order valence-corrected chi connectivity index (χ4v) is 2.89. The molecular weight excluding hydrogens is 222 g/mol. The number of hydrogen-bond acceptors (Lipinski definition) is 4. The van der Waals surface area contributed by atoms with Crippen LogP contribution in [-0.2, 0) is 11.3 Å². The van der Waals surface area contributed by atoms with Gasteiger partial charge in [-0.2, -0.15) is 11.8 Å². The molecule has 2 heterocycles. The Morgan fingerprint density at radius 2 is 2.25 bits per heavy atom. The first-order valence-electron chi connectivity index (χ1n) is 5.87. The van der Waals surface area contributed by atoms with Gasteiger partial charge in [0.05, 0.1) is 12.8 Å². The van der Waals surface area contributed by atoms with Crippen molar-refractivity contribution in [2.45, 2.75) is 24.6 Å². The predicted molar refractivity (Wildman–Crippen MR) is 66.7 cm³/mol. The van der Waals surface area contributed by atoms with E-state index in [2.05, 4.69) is 17.1 Å². The van der Waals surface area contributed by atoms with Crippen LogP contribution in [0.15, 0.2) is 22.8 Å². The summed E-state index contributed by atoms with van der Waals surface area (Å²) < 4.78 is 10.6.